The SMILES string of the molecule is Clc1ccc2c(c1)N1C=CC=CC1=NN2c1ccc2nnc3cccc[n+]3c2c1.[O-][Cl+3]([O-])([O-])[O-].c1ccccc1. The first-order valence-corrected chi connectivity index (χ1v) is 13.4. The summed E-state index contributed by atoms with van der Waals surface area (Å²) in [4.78, 5) is 2.04. The van der Waals surface area contributed by atoms with Gasteiger partial charge in [-0.15, -0.1) is 15.3 Å². The second kappa shape index (κ2) is 11.8. The lowest BCUT2D eigenvalue weighted by Crippen LogP contribution is -2.68. The van der Waals surface area contributed by atoms with Gasteiger partial charge in [0, 0.05) is 23.4 Å². The van der Waals surface area contributed by atoms with Gasteiger partial charge in [-0.3, -0.25) is 4.90 Å². The molecule has 5 aromatic rings. The Kier molecular flexibility index (Phi) is 7.99. The van der Waals surface area contributed by atoms with Crippen LogP contribution in [0.5, 0.6) is 0 Å². The third-order valence-corrected chi connectivity index (χ3v) is 5.93. The maximum Gasteiger partial charge on any atom is 0.355 e. The van der Waals surface area contributed by atoms with Crippen LogP contribution in [0.4, 0.5) is 17.1 Å². The summed E-state index contributed by atoms with van der Waals surface area (Å²) in [6, 6.07) is 29.8. The zero-order valence-electron chi connectivity index (χ0n) is 20.6. The number of fused-ring (bicyclic) bond motifs is 6. The summed E-state index contributed by atoms with van der Waals surface area (Å²) in [6.07, 6.45) is 9.92. The summed E-state index contributed by atoms with van der Waals surface area (Å²) in [5.74, 6) is 0.827. The van der Waals surface area contributed by atoms with Crippen molar-refractivity contribution in [1.82, 2.24) is 10.2 Å². The van der Waals surface area contributed by atoms with Crippen molar-refractivity contribution in [2.24, 2.45) is 5.10 Å². The van der Waals surface area contributed by atoms with Gasteiger partial charge in [0.25, 0.3) is 0 Å². The van der Waals surface area contributed by atoms with Crippen LogP contribution in [-0.2, 0) is 0 Å². The fraction of sp³-hybridized carbons (Fsp3) is 0. The number of hydrogen-bond acceptors (Lipinski definition) is 9. The first-order chi connectivity index (χ1) is 19.3. The molecule has 2 aliphatic heterocycles. The number of nitrogens with zero attached hydrogens (tertiary/aromatic N) is 6. The average molecular weight is 575 g/mol. The number of amidine groups is 1. The summed E-state index contributed by atoms with van der Waals surface area (Å²) in [7, 11) is -4.94. The van der Waals surface area contributed by atoms with E-state index in [1.54, 1.807) is 0 Å². The van der Waals surface area contributed by atoms with Gasteiger partial charge < -0.3 is 0 Å². The molecule has 0 saturated heterocycles. The minimum atomic E-state index is -4.94. The highest BCUT2D eigenvalue weighted by molar-refractivity contribution is 6.31. The molecule has 0 atom stereocenters. The Balaban J connectivity index is 0.000000248. The molecule has 0 spiro atoms. The van der Waals surface area contributed by atoms with Crippen molar-refractivity contribution in [3.05, 3.63) is 127 Å². The minimum absolute atomic E-state index is 0.684. The Morgan fingerprint density at radius 3 is 2.20 bits per heavy atom. The number of pyridine rings is 1. The van der Waals surface area contributed by atoms with Crippen LogP contribution in [0.2, 0.25) is 5.02 Å². The van der Waals surface area contributed by atoms with Crippen LogP contribution in [0.1, 0.15) is 0 Å². The molecule has 40 heavy (non-hydrogen) atoms. The Labute approximate surface area is 236 Å². The number of hydrogen-bond donors (Lipinski definition) is 0. The second-order valence-electron chi connectivity index (χ2n) is 8.31. The molecule has 3 aromatic carbocycles. The molecule has 0 amide bonds. The number of hydrazone groups is 1. The van der Waals surface area contributed by atoms with Crippen LogP contribution >= 0.6 is 11.6 Å². The van der Waals surface area contributed by atoms with E-state index in [0.717, 1.165) is 39.6 Å². The molecule has 12 heteroatoms. The molecular formula is C28H20Cl2N6O4. The van der Waals surface area contributed by atoms with Gasteiger partial charge in [-0.2, -0.15) is 4.40 Å². The van der Waals surface area contributed by atoms with E-state index in [1.165, 1.54) is 0 Å². The van der Waals surface area contributed by atoms with Crippen molar-refractivity contribution in [1.29, 1.82) is 0 Å². The predicted octanol–water partition coefficient (Wildman–Crippen LogP) is 1.31. The van der Waals surface area contributed by atoms with Crippen LogP contribution in [0.15, 0.2) is 127 Å². The molecule has 10 nitrogen and oxygen atoms in total. The highest BCUT2D eigenvalue weighted by atomic mass is 35.7. The maximum atomic E-state index is 8.49. The Bertz CT molecular complexity index is 1710. The number of anilines is 3. The molecule has 0 aliphatic carbocycles. The summed E-state index contributed by atoms with van der Waals surface area (Å²) < 4.78 is 36.0. The van der Waals surface area contributed by atoms with Crippen molar-refractivity contribution < 1.29 is 33.3 Å². The first-order valence-electron chi connectivity index (χ1n) is 11.8. The Hall–Kier alpha value is -4.42. The van der Waals surface area contributed by atoms with Crippen molar-refractivity contribution in [2.75, 3.05) is 9.91 Å². The number of allylic oxidation sites excluding steroid dienone is 2. The first kappa shape index (κ1) is 27.2. The monoisotopic (exact) mass is 574 g/mol. The van der Waals surface area contributed by atoms with E-state index in [0.29, 0.717) is 5.02 Å². The Morgan fingerprint density at radius 1 is 0.750 bits per heavy atom. The van der Waals surface area contributed by atoms with Crippen molar-refractivity contribution in [2.45, 2.75) is 0 Å². The average Bonchev–Trinajstić information content (AvgIpc) is 2.97. The lowest BCUT2D eigenvalue weighted by molar-refractivity contribution is -2.00. The Morgan fingerprint density at radius 2 is 1.48 bits per heavy atom. The molecule has 0 saturated carbocycles. The zero-order valence-corrected chi connectivity index (χ0v) is 22.1. The number of aromatic nitrogens is 3. The normalized spacial score (nSPS) is 13.5. The summed E-state index contributed by atoms with van der Waals surface area (Å²) in [6.45, 7) is 0. The van der Waals surface area contributed by atoms with Gasteiger partial charge in [0.2, 0.25) is 0 Å². The smallest absolute Gasteiger partial charge is 0.298 e. The van der Waals surface area contributed by atoms with E-state index < -0.39 is 10.2 Å². The third kappa shape index (κ3) is 6.41. The molecular weight excluding hydrogens is 555 g/mol. The molecule has 2 aromatic heterocycles. The molecule has 0 fully saturated rings. The van der Waals surface area contributed by atoms with E-state index >= 15 is 0 Å². The fourth-order valence-corrected chi connectivity index (χ4v) is 4.24. The molecule has 4 heterocycles. The number of rotatable bonds is 1. The zero-order chi connectivity index (χ0) is 28.1. The van der Waals surface area contributed by atoms with Crippen LogP contribution < -0.4 is 32.9 Å². The predicted molar refractivity (Wildman–Crippen MR) is 141 cm³/mol. The van der Waals surface area contributed by atoms with E-state index in [4.69, 9.17) is 35.3 Å². The maximum absolute atomic E-state index is 8.49. The summed E-state index contributed by atoms with van der Waals surface area (Å²) in [5, 5.41) is 16.1. The van der Waals surface area contributed by atoms with Crippen molar-refractivity contribution >= 4 is 51.2 Å². The molecule has 0 N–H and O–H groups in total. The minimum Gasteiger partial charge on any atom is -0.298 e. The van der Waals surface area contributed by atoms with E-state index in [9.17, 15) is 0 Å². The molecule has 200 valence electrons. The van der Waals surface area contributed by atoms with Gasteiger partial charge in [-0.05, 0) is 53.6 Å². The van der Waals surface area contributed by atoms with Gasteiger partial charge in [0.05, 0.1) is 28.4 Å². The molecule has 0 radical (unpaired) electrons. The van der Waals surface area contributed by atoms with Crippen LogP contribution in [0.3, 0.4) is 0 Å². The van der Waals surface area contributed by atoms with Gasteiger partial charge >= 0.3 is 5.65 Å². The van der Waals surface area contributed by atoms with Crippen LogP contribution in [0.25, 0.3) is 16.7 Å². The largest absolute Gasteiger partial charge is 0.355 e. The van der Waals surface area contributed by atoms with E-state index in [1.807, 2.05) is 130 Å². The summed E-state index contributed by atoms with van der Waals surface area (Å²) in [5.41, 5.74) is 5.44. The van der Waals surface area contributed by atoms with E-state index in [2.05, 4.69) is 16.3 Å². The van der Waals surface area contributed by atoms with Crippen LogP contribution in [-0.4, -0.2) is 16.0 Å². The van der Waals surface area contributed by atoms with Gasteiger partial charge in [-0.25, -0.2) is 23.6 Å². The molecule has 0 bridgehead atoms. The quantitative estimate of drug-likeness (QED) is 0.215. The van der Waals surface area contributed by atoms with Crippen molar-refractivity contribution in [3.8, 4) is 0 Å². The topological polar surface area (TPSA) is 141 Å². The standard InChI is InChI=1S/C22H14ClN6.C6H6.ClHO4/c23-15-7-10-18-20(13-15)28-12-4-2-6-22(28)26-29(18)16-8-9-17-19(14-16)27-11-3-1-5-21(27)25-24-17;1-2-4-6-5-3-1;2-1(3,4)5/h1-14H;1-6H;(H,2,3,4,5)/q+1;;/p-1. The summed E-state index contributed by atoms with van der Waals surface area (Å²) >= 11 is 6.30. The lowest BCUT2D eigenvalue weighted by atomic mass is 10.1. The highest BCUT2D eigenvalue weighted by Gasteiger charge is 2.26. The molecule has 0 unspecified atom stereocenters. The molecule has 2 aliphatic rings. The van der Waals surface area contributed by atoms with Crippen molar-refractivity contribution in [3.63, 3.8) is 0 Å². The van der Waals surface area contributed by atoms with E-state index in [-0.39, 0.29) is 0 Å². The second-order valence-corrected chi connectivity index (χ2v) is 9.50. The van der Waals surface area contributed by atoms with Crippen LogP contribution in [0, 0.1) is 10.2 Å². The molecule has 7 rings (SSSR count). The van der Waals surface area contributed by atoms with Gasteiger partial charge in [0.15, 0.2) is 16.9 Å². The third-order valence-electron chi connectivity index (χ3n) is 5.69. The lowest BCUT2D eigenvalue weighted by Gasteiger charge is -2.34. The van der Waals surface area contributed by atoms with Gasteiger partial charge in [-0.1, -0.05) is 60.1 Å². The highest BCUT2D eigenvalue weighted by Crippen LogP contribution is 2.41. The van der Waals surface area contributed by atoms with Gasteiger partial charge in [0.1, 0.15) is 0 Å². The number of benzene rings is 3. The number of halogens is 2. The fourth-order valence-electron chi connectivity index (χ4n) is 4.07.